The lowest BCUT2D eigenvalue weighted by Crippen LogP contribution is -2.14. The molecule has 27 heavy (non-hydrogen) atoms. The fourth-order valence-corrected chi connectivity index (χ4v) is 2.71. The lowest BCUT2D eigenvalue weighted by molar-refractivity contribution is -0.384. The van der Waals surface area contributed by atoms with Crippen molar-refractivity contribution in [1.82, 2.24) is 14.8 Å². The van der Waals surface area contributed by atoms with E-state index in [4.69, 9.17) is 4.74 Å². The highest BCUT2D eigenvalue weighted by atomic mass is 19.1. The molecule has 140 valence electrons. The van der Waals surface area contributed by atoms with Gasteiger partial charge in [-0.1, -0.05) is 0 Å². The van der Waals surface area contributed by atoms with Crippen LogP contribution < -0.4 is 9.64 Å². The van der Waals surface area contributed by atoms with Gasteiger partial charge in [0.1, 0.15) is 11.6 Å². The molecule has 0 saturated heterocycles. The number of benzene rings is 2. The van der Waals surface area contributed by atoms with E-state index in [1.165, 1.54) is 24.3 Å². The fourth-order valence-electron chi connectivity index (χ4n) is 2.71. The third kappa shape index (κ3) is 3.57. The molecule has 8 nitrogen and oxygen atoms in total. The standard InChI is InChI=1S/C18H18FN5O3/c1-4-27-16-11-14(24(25)26)9-10-15(16)17-20-21-18(23(17)3)22(2)13-7-5-12(19)6-8-13/h5-11H,4H2,1-3H3. The Morgan fingerprint density at radius 2 is 1.93 bits per heavy atom. The first kappa shape index (κ1) is 18.3. The molecule has 0 bridgehead atoms. The number of ether oxygens (including phenoxy) is 1. The first-order valence-electron chi connectivity index (χ1n) is 8.22. The maximum Gasteiger partial charge on any atom is 0.273 e. The first-order chi connectivity index (χ1) is 12.9. The summed E-state index contributed by atoms with van der Waals surface area (Å²) in [5.74, 6) is 1.06. The lowest BCUT2D eigenvalue weighted by Gasteiger charge is -2.18. The SMILES string of the molecule is CCOc1cc([N+](=O)[O-])ccc1-c1nnc(N(C)c2ccc(F)cc2)n1C. The maximum atomic E-state index is 13.2. The Kier molecular flexibility index (Phi) is 5.02. The van der Waals surface area contributed by atoms with Gasteiger partial charge in [0.15, 0.2) is 5.82 Å². The monoisotopic (exact) mass is 371 g/mol. The molecule has 0 aliphatic heterocycles. The number of nitro benzene ring substituents is 1. The Labute approximate surface area is 155 Å². The van der Waals surface area contributed by atoms with Crippen LogP contribution in [0.5, 0.6) is 5.75 Å². The van der Waals surface area contributed by atoms with Crippen molar-refractivity contribution in [2.24, 2.45) is 7.05 Å². The highest BCUT2D eigenvalue weighted by Crippen LogP contribution is 2.34. The Morgan fingerprint density at radius 3 is 2.56 bits per heavy atom. The number of hydrogen-bond donors (Lipinski definition) is 0. The summed E-state index contributed by atoms with van der Waals surface area (Å²) in [4.78, 5) is 12.3. The summed E-state index contributed by atoms with van der Waals surface area (Å²) in [7, 11) is 3.57. The minimum absolute atomic E-state index is 0.0620. The zero-order valence-electron chi connectivity index (χ0n) is 15.1. The van der Waals surface area contributed by atoms with E-state index in [9.17, 15) is 14.5 Å². The lowest BCUT2D eigenvalue weighted by atomic mass is 10.1. The number of nitrogens with zero attached hydrogens (tertiary/aromatic N) is 5. The van der Waals surface area contributed by atoms with Crippen LogP contribution in [0.2, 0.25) is 0 Å². The van der Waals surface area contributed by atoms with Gasteiger partial charge in [-0.15, -0.1) is 10.2 Å². The first-order valence-corrected chi connectivity index (χ1v) is 8.22. The second kappa shape index (κ2) is 7.40. The molecule has 0 radical (unpaired) electrons. The van der Waals surface area contributed by atoms with Crippen molar-refractivity contribution in [2.45, 2.75) is 6.92 Å². The summed E-state index contributed by atoms with van der Waals surface area (Å²) in [6.07, 6.45) is 0. The van der Waals surface area contributed by atoms with E-state index in [0.29, 0.717) is 29.7 Å². The largest absolute Gasteiger partial charge is 0.493 e. The number of halogens is 1. The highest BCUT2D eigenvalue weighted by molar-refractivity contribution is 5.69. The van der Waals surface area contributed by atoms with E-state index in [1.807, 2.05) is 0 Å². The van der Waals surface area contributed by atoms with Gasteiger partial charge in [0.05, 0.1) is 23.2 Å². The van der Waals surface area contributed by atoms with Gasteiger partial charge >= 0.3 is 0 Å². The van der Waals surface area contributed by atoms with E-state index in [-0.39, 0.29) is 11.5 Å². The van der Waals surface area contributed by atoms with Crippen LogP contribution in [0.4, 0.5) is 21.7 Å². The van der Waals surface area contributed by atoms with Gasteiger partial charge in [0.2, 0.25) is 5.95 Å². The van der Waals surface area contributed by atoms with E-state index in [2.05, 4.69) is 10.2 Å². The molecule has 1 aromatic heterocycles. The summed E-state index contributed by atoms with van der Waals surface area (Å²) in [6.45, 7) is 2.15. The molecular weight excluding hydrogens is 353 g/mol. The minimum atomic E-state index is -0.475. The molecule has 0 fully saturated rings. The van der Waals surface area contributed by atoms with Gasteiger partial charge in [-0.25, -0.2) is 4.39 Å². The molecule has 0 aliphatic carbocycles. The molecule has 1 heterocycles. The molecule has 0 amide bonds. The fraction of sp³-hybridized carbons (Fsp3) is 0.222. The van der Waals surface area contributed by atoms with Gasteiger partial charge in [0, 0.05) is 25.8 Å². The summed E-state index contributed by atoms with van der Waals surface area (Å²) < 4.78 is 20.5. The molecule has 9 heteroatoms. The minimum Gasteiger partial charge on any atom is -0.493 e. The van der Waals surface area contributed by atoms with Gasteiger partial charge in [-0.2, -0.15) is 0 Å². The van der Waals surface area contributed by atoms with Crippen LogP contribution in [0.15, 0.2) is 42.5 Å². The quantitative estimate of drug-likeness (QED) is 0.485. The van der Waals surface area contributed by atoms with Crippen molar-refractivity contribution in [3.8, 4) is 17.1 Å². The topological polar surface area (TPSA) is 86.3 Å². The molecule has 0 saturated carbocycles. The molecule has 3 rings (SSSR count). The van der Waals surface area contributed by atoms with Crippen LogP contribution in [-0.2, 0) is 7.05 Å². The second-order valence-electron chi connectivity index (χ2n) is 5.79. The third-order valence-electron chi connectivity index (χ3n) is 4.08. The van der Waals surface area contributed by atoms with Crippen molar-refractivity contribution < 1.29 is 14.1 Å². The van der Waals surface area contributed by atoms with Gasteiger partial charge in [0.25, 0.3) is 5.69 Å². The highest BCUT2D eigenvalue weighted by Gasteiger charge is 2.20. The zero-order valence-corrected chi connectivity index (χ0v) is 15.1. The predicted molar refractivity (Wildman–Crippen MR) is 98.7 cm³/mol. The average Bonchev–Trinajstić information content (AvgIpc) is 3.03. The Bertz CT molecular complexity index is 972. The van der Waals surface area contributed by atoms with E-state index in [1.54, 1.807) is 48.7 Å². The summed E-state index contributed by atoms with van der Waals surface area (Å²) in [6, 6.07) is 10.4. The molecule has 0 spiro atoms. The number of anilines is 2. The maximum absolute atomic E-state index is 13.2. The van der Waals surface area contributed by atoms with Gasteiger partial charge in [-0.3, -0.25) is 14.7 Å². The molecule has 0 atom stereocenters. The number of non-ortho nitro benzene ring substituents is 1. The predicted octanol–water partition coefficient (Wildman–Crippen LogP) is 3.70. The summed E-state index contributed by atoms with van der Waals surface area (Å²) in [5, 5.41) is 19.5. The number of rotatable bonds is 6. The number of hydrogen-bond acceptors (Lipinski definition) is 6. The average molecular weight is 371 g/mol. The summed E-state index contributed by atoms with van der Waals surface area (Å²) >= 11 is 0. The van der Waals surface area contributed by atoms with Crippen molar-refractivity contribution >= 4 is 17.3 Å². The van der Waals surface area contributed by atoms with Gasteiger partial charge in [-0.05, 0) is 37.3 Å². The van der Waals surface area contributed by atoms with Crippen molar-refractivity contribution in [2.75, 3.05) is 18.6 Å². The number of nitro groups is 1. The second-order valence-corrected chi connectivity index (χ2v) is 5.79. The van der Waals surface area contributed by atoms with Crippen molar-refractivity contribution in [3.05, 3.63) is 58.4 Å². The van der Waals surface area contributed by atoms with Crippen LogP contribution >= 0.6 is 0 Å². The molecule has 0 N–H and O–H groups in total. The third-order valence-corrected chi connectivity index (χ3v) is 4.08. The normalized spacial score (nSPS) is 10.7. The van der Waals surface area contributed by atoms with E-state index >= 15 is 0 Å². The van der Waals surface area contributed by atoms with Crippen LogP contribution in [0.1, 0.15) is 6.92 Å². The Balaban J connectivity index is 2.02. The van der Waals surface area contributed by atoms with Crippen molar-refractivity contribution in [3.63, 3.8) is 0 Å². The smallest absolute Gasteiger partial charge is 0.273 e. The Morgan fingerprint density at radius 1 is 1.22 bits per heavy atom. The van der Waals surface area contributed by atoms with E-state index < -0.39 is 4.92 Å². The van der Waals surface area contributed by atoms with Crippen LogP contribution in [0, 0.1) is 15.9 Å². The van der Waals surface area contributed by atoms with Crippen LogP contribution in [0.3, 0.4) is 0 Å². The molecule has 0 aliphatic rings. The van der Waals surface area contributed by atoms with Gasteiger partial charge < -0.3 is 9.64 Å². The summed E-state index contributed by atoms with van der Waals surface area (Å²) in [5.41, 5.74) is 1.27. The van der Waals surface area contributed by atoms with Crippen LogP contribution in [-0.4, -0.2) is 33.3 Å². The molecule has 3 aromatic rings. The van der Waals surface area contributed by atoms with Crippen LogP contribution in [0.25, 0.3) is 11.4 Å². The van der Waals surface area contributed by atoms with E-state index in [0.717, 1.165) is 5.69 Å². The molecule has 2 aromatic carbocycles. The Hall–Kier alpha value is -3.49. The zero-order chi connectivity index (χ0) is 19.6. The molecular formula is C18H18FN5O3. The number of aromatic nitrogens is 3. The molecule has 0 unspecified atom stereocenters. The van der Waals surface area contributed by atoms with Crippen molar-refractivity contribution in [1.29, 1.82) is 0 Å².